The molecule has 0 aliphatic rings. The third-order valence-electron chi connectivity index (χ3n) is 3.55. The number of H-pyrrole nitrogens is 1. The first-order chi connectivity index (χ1) is 9.97. The molecule has 2 heterocycles. The largest absolute Gasteiger partial charge is 0.404 e. The third kappa shape index (κ3) is 2.27. The Kier molecular flexibility index (Phi) is 3.17. The summed E-state index contributed by atoms with van der Waals surface area (Å²) in [5.74, 6) is 0.326. The molecule has 2 aromatic heterocycles. The first-order valence-electron chi connectivity index (χ1n) is 6.48. The van der Waals surface area contributed by atoms with E-state index < -0.39 is 0 Å². The summed E-state index contributed by atoms with van der Waals surface area (Å²) in [6, 6.07) is 7.56. The number of aryl methyl sites for hydroxylation is 2. The highest BCUT2D eigenvalue weighted by atomic mass is 35.5. The summed E-state index contributed by atoms with van der Waals surface area (Å²) in [5.41, 5.74) is 8.03. The van der Waals surface area contributed by atoms with Crippen molar-refractivity contribution in [2.75, 3.05) is 5.73 Å². The Labute approximate surface area is 126 Å². The number of anilines is 1. The molecule has 0 aliphatic heterocycles. The van der Waals surface area contributed by atoms with Crippen molar-refractivity contribution in [1.82, 2.24) is 9.55 Å². The molecule has 3 N–H and O–H groups in total. The Morgan fingerprint density at radius 2 is 1.95 bits per heavy atom. The molecule has 0 bridgehead atoms. The standard InChI is InChI=1S/C14H14ClN5O/c1-18-8-20(7-9-3-5-10(15)6-4-9)11-12(21)17-14(16)19(2)13(11)18/h3-6,8H,7H2,1-2H3,(H-,16,17,21)/p+2. The zero-order chi connectivity index (χ0) is 15.1. The summed E-state index contributed by atoms with van der Waals surface area (Å²) in [6.45, 7) is 0.585. The van der Waals surface area contributed by atoms with Gasteiger partial charge in [-0.1, -0.05) is 23.7 Å². The van der Waals surface area contributed by atoms with Gasteiger partial charge < -0.3 is 5.73 Å². The number of rotatable bonds is 2. The lowest BCUT2D eigenvalue weighted by atomic mass is 10.2. The van der Waals surface area contributed by atoms with Gasteiger partial charge in [-0.25, -0.2) is 0 Å². The number of halogens is 1. The van der Waals surface area contributed by atoms with E-state index in [0.29, 0.717) is 23.0 Å². The topological polar surface area (TPSA) is 71.6 Å². The maximum atomic E-state index is 12.2. The zero-order valence-corrected chi connectivity index (χ0v) is 12.6. The Bertz CT molecular complexity index is 879. The number of aromatic nitrogens is 4. The number of fused-ring (bicyclic) bond motifs is 1. The Balaban J connectivity index is 2.18. The molecule has 1 aromatic carbocycles. The van der Waals surface area contributed by atoms with Crippen LogP contribution in [0.2, 0.25) is 5.02 Å². The number of aromatic amines is 1. The van der Waals surface area contributed by atoms with Crippen LogP contribution in [0.1, 0.15) is 5.56 Å². The van der Waals surface area contributed by atoms with Crippen molar-refractivity contribution in [2.45, 2.75) is 6.54 Å². The van der Waals surface area contributed by atoms with E-state index in [2.05, 4.69) is 4.98 Å². The normalized spacial score (nSPS) is 11.2. The van der Waals surface area contributed by atoms with E-state index in [1.807, 2.05) is 53.8 Å². The van der Waals surface area contributed by atoms with Crippen LogP contribution in [0.25, 0.3) is 11.2 Å². The molecule has 0 unspecified atom stereocenters. The van der Waals surface area contributed by atoms with Gasteiger partial charge in [0, 0.05) is 10.6 Å². The predicted molar refractivity (Wildman–Crippen MR) is 79.9 cm³/mol. The first kappa shape index (κ1) is 13.6. The minimum atomic E-state index is -0.199. The van der Waals surface area contributed by atoms with E-state index in [1.165, 1.54) is 0 Å². The van der Waals surface area contributed by atoms with Crippen LogP contribution >= 0.6 is 11.6 Å². The van der Waals surface area contributed by atoms with Crippen LogP contribution in [0.4, 0.5) is 5.95 Å². The Morgan fingerprint density at radius 3 is 2.62 bits per heavy atom. The second-order valence-electron chi connectivity index (χ2n) is 5.05. The van der Waals surface area contributed by atoms with E-state index in [-0.39, 0.29) is 5.56 Å². The molecule has 3 aromatic rings. The molecule has 0 aliphatic carbocycles. The molecule has 0 atom stereocenters. The fourth-order valence-corrected chi connectivity index (χ4v) is 2.65. The summed E-state index contributed by atoms with van der Waals surface area (Å²) >= 11 is 5.89. The number of hydrogen-bond acceptors (Lipinski definition) is 2. The Hall–Kier alpha value is -2.34. The number of nitrogens with zero attached hydrogens (tertiary/aromatic N) is 3. The van der Waals surface area contributed by atoms with Crippen molar-refractivity contribution in [3.8, 4) is 0 Å². The van der Waals surface area contributed by atoms with E-state index >= 15 is 0 Å². The second kappa shape index (κ2) is 4.89. The van der Waals surface area contributed by atoms with Crippen molar-refractivity contribution in [2.24, 2.45) is 14.1 Å². The van der Waals surface area contributed by atoms with Crippen molar-refractivity contribution < 1.29 is 9.13 Å². The number of nitrogens with one attached hydrogen (secondary N) is 1. The Morgan fingerprint density at radius 1 is 1.29 bits per heavy atom. The van der Waals surface area contributed by atoms with Gasteiger partial charge in [0.2, 0.25) is 0 Å². The van der Waals surface area contributed by atoms with E-state index in [1.54, 1.807) is 4.57 Å². The van der Waals surface area contributed by atoms with Crippen molar-refractivity contribution in [1.29, 1.82) is 0 Å². The van der Waals surface area contributed by atoms with Crippen LogP contribution in [0.3, 0.4) is 0 Å². The molecule has 0 radical (unpaired) electrons. The minimum Gasteiger partial charge on any atom is -0.344 e. The monoisotopic (exact) mass is 305 g/mol. The van der Waals surface area contributed by atoms with Crippen LogP contribution in [0, 0.1) is 0 Å². The van der Waals surface area contributed by atoms with E-state index in [0.717, 1.165) is 11.2 Å². The highest BCUT2D eigenvalue weighted by Crippen LogP contribution is 2.12. The molecule has 7 heteroatoms. The molecule has 3 rings (SSSR count). The molecule has 0 saturated heterocycles. The maximum absolute atomic E-state index is 12.2. The minimum absolute atomic E-state index is 0.199. The summed E-state index contributed by atoms with van der Waals surface area (Å²) < 4.78 is 5.54. The fourth-order valence-electron chi connectivity index (χ4n) is 2.52. The molecule has 0 fully saturated rings. The van der Waals surface area contributed by atoms with Crippen LogP contribution in [0.5, 0.6) is 0 Å². The SMILES string of the molecule is C[n+]1cn(Cc2ccc(Cl)cc2)c2c(=O)[nH]c(N)[n+](C)c21. The first-order valence-corrected chi connectivity index (χ1v) is 6.86. The highest BCUT2D eigenvalue weighted by Gasteiger charge is 2.28. The molecule has 0 amide bonds. The van der Waals surface area contributed by atoms with Gasteiger partial charge in [-0.2, -0.15) is 13.7 Å². The number of nitrogen functional groups attached to an aromatic ring is 1. The van der Waals surface area contributed by atoms with Crippen molar-refractivity contribution in [3.05, 3.63) is 51.5 Å². The lowest BCUT2D eigenvalue weighted by molar-refractivity contribution is -0.747. The summed E-state index contributed by atoms with van der Waals surface area (Å²) in [6.07, 6.45) is 1.88. The molecule has 6 nitrogen and oxygen atoms in total. The lowest BCUT2D eigenvalue weighted by Crippen LogP contribution is -2.45. The molecular formula is C14H16ClN5O+2. The maximum Gasteiger partial charge on any atom is 0.404 e. The van der Waals surface area contributed by atoms with Gasteiger partial charge in [-0.15, -0.1) is 0 Å². The predicted octanol–water partition coefficient (Wildman–Crippen LogP) is 0.262. The van der Waals surface area contributed by atoms with Gasteiger partial charge in [0.15, 0.2) is 0 Å². The average molecular weight is 306 g/mol. The van der Waals surface area contributed by atoms with Crippen molar-refractivity contribution in [3.63, 3.8) is 0 Å². The lowest BCUT2D eigenvalue weighted by Gasteiger charge is -1.98. The summed E-state index contributed by atoms with van der Waals surface area (Å²) in [5, 5.41) is 0.693. The van der Waals surface area contributed by atoms with Crippen LogP contribution in [-0.4, -0.2) is 9.55 Å². The zero-order valence-electron chi connectivity index (χ0n) is 11.8. The number of hydrogen-bond donors (Lipinski definition) is 2. The molecular weight excluding hydrogens is 290 g/mol. The van der Waals surface area contributed by atoms with Gasteiger partial charge in [-0.05, 0) is 12.1 Å². The molecule has 21 heavy (non-hydrogen) atoms. The fraction of sp³-hybridized carbons (Fsp3) is 0.214. The van der Waals surface area contributed by atoms with Gasteiger partial charge in [0.1, 0.15) is 20.6 Å². The molecule has 0 spiro atoms. The van der Waals surface area contributed by atoms with Gasteiger partial charge in [0.25, 0.3) is 0 Å². The van der Waals surface area contributed by atoms with E-state index in [9.17, 15) is 4.79 Å². The summed E-state index contributed by atoms with van der Waals surface area (Å²) in [4.78, 5) is 14.9. The molecule has 0 saturated carbocycles. The molecule has 108 valence electrons. The van der Waals surface area contributed by atoms with Gasteiger partial charge in [-0.3, -0.25) is 9.78 Å². The van der Waals surface area contributed by atoms with E-state index in [4.69, 9.17) is 17.3 Å². The number of nitrogens with two attached hydrogens (primary N) is 1. The van der Waals surface area contributed by atoms with Crippen LogP contribution in [-0.2, 0) is 20.6 Å². The average Bonchev–Trinajstić information content (AvgIpc) is 2.76. The van der Waals surface area contributed by atoms with Gasteiger partial charge in [0.05, 0.1) is 0 Å². The number of benzene rings is 1. The van der Waals surface area contributed by atoms with Crippen LogP contribution in [0.15, 0.2) is 35.4 Å². The smallest absolute Gasteiger partial charge is 0.344 e. The highest BCUT2D eigenvalue weighted by molar-refractivity contribution is 6.30. The second-order valence-corrected chi connectivity index (χ2v) is 5.49. The summed E-state index contributed by atoms with van der Waals surface area (Å²) in [7, 11) is 3.71. The third-order valence-corrected chi connectivity index (χ3v) is 3.80. The van der Waals surface area contributed by atoms with Gasteiger partial charge >= 0.3 is 29.0 Å². The van der Waals surface area contributed by atoms with Crippen LogP contribution < -0.4 is 20.4 Å². The number of imidazole rings is 1. The van der Waals surface area contributed by atoms with Crippen molar-refractivity contribution >= 4 is 28.7 Å². The quantitative estimate of drug-likeness (QED) is 0.667.